The van der Waals surface area contributed by atoms with Crippen molar-refractivity contribution < 1.29 is 18.2 Å². The molecule has 10 heteroatoms. The first-order chi connectivity index (χ1) is 12.6. The van der Waals surface area contributed by atoms with Gasteiger partial charge in [-0.25, -0.2) is 18.1 Å². The molecule has 4 rings (SSSR count). The van der Waals surface area contributed by atoms with Crippen molar-refractivity contribution in [2.24, 2.45) is 0 Å². The molecule has 2 heterocycles. The Morgan fingerprint density at radius 2 is 2.07 bits per heavy atom. The zero-order valence-corrected chi connectivity index (χ0v) is 16.6. The molecule has 0 fully saturated rings. The predicted molar refractivity (Wildman–Crippen MR) is 106 cm³/mol. The van der Waals surface area contributed by atoms with Crippen molar-refractivity contribution in [1.82, 2.24) is 15.0 Å². The van der Waals surface area contributed by atoms with Crippen LogP contribution in [0.3, 0.4) is 0 Å². The van der Waals surface area contributed by atoms with E-state index in [1.54, 1.807) is 23.7 Å². The smallest absolute Gasteiger partial charge is 0.242 e. The first-order valence-corrected chi connectivity index (χ1v) is 10.4. The summed E-state index contributed by atoms with van der Waals surface area (Å²) >= 11 is 1.32. The Kier molecular flexibility index (Phi) is 6.30. The van der Waals surface area contributed by atoms with Gasteiger partial charge in [0.1, 0.15) is 11.5 Å². The average Bonchev–Trinajstić information content (AvgIpc) is 3.29. The van der Waals surface area contributed by atoms with E-state index in [1.165, 1.54) is 11.3 Å². The lowest BCUT2D eigenvalue weighted by Gasteiger charge is -2.09. The van der Waals surface area contributed by atoms with Crippen molar-refractivity contribution in [2.45, 2.75) is 18.0 Å². The Morgan fingerprint density at radius 3 is 2.96 bits per heavy atom. The van der Waals surface area contributed by atoms with Crippen LogP contribution < -0.4 is 14.9 Å². The summed E-state index contributed by atoms with van der Waals surface area (Å²) < 4.78 is 28.3. The SMILES string of the molecule is Cl.O=S(=O)(NCCNCc1ccc2c(c1)OOC2)c1cccc2ncsc12. The Morgan fingerprint density at radius 1 is 1.19 bits per heavy atom. The predicted octanol–water partition coefficient (Wildman–Crippen LogP) is 2.61. The van der Waals surface area contributed by atoms with E-state index in [-0.39, 0.29) is 17.3 Å². The molecule has 27 heavy (non-hydrogen) atoms. The van der Waals surface area contributed by atoms with Gasteiger partial charge in [-0.1, -0.05) is 18.2 Å². The van der Waals surface area contributed by atoms with Crippen LogP contribution in [-0.4, -0.2) is 26.5 Å². The van der Waals surface area contributed by atoms with Gasteiger partial charge in [0.2, 0.25) is 10.0 Å². The van der Waals surface area contributed by atoms with Crippen LogP contribution in [0.5, 0.6) is 5.75 Å². The first-order valence-electron chi connectivity index (χ1n) is 8.07. The molecule has 144 valence electrons. The summed E-state index contributed by atoms with van der Waals surface area (Å²) in [5.74, 6) is 0.739. The van der Waals surface area contributed by atoms with Crippen LogP contribution in [0.1, 0.15) is 11.1 Å². The van der Waals surface area contributed by atoms with Crippen molar-refractivity contribution in [1.29, 1.82) is 0 Å². The quantitative estimate of drug-likeness (QED) is 0.445. The maximum atomic E-state index is 12.5. The molecule has 0 aliphatic carbocycles. The van der Waals surface area contributed by atoms with Crippen LogP contribution in [-0.2, 0) is 28.1 Å². The van der Waals surface area contributed by atoms with Crippen molar-refractivity contribution in [3.05, 3.63) is 53.0 Å². The third-order valence-electron chi connectivity index (χ3n) is 4.03. The number of fused-ring (bicyclic) bond motifs is 2. The van der Waals surface area contributed by atoms with Gasteiger partial charge in [0.15, 0.2) is 5.75 Å². The zero-order valence-electron chi connectivity index (χ0n) is 14.2. The first kappa shape index (κ1) is 20.0. The molecule has 1 aliphatic heterocycles. The van der Waals surface area contributed by atoms with Gasteiger partial charge in [-0.2, -0.15) is 4.89 Å². The van der Waals surface area contributed by atoms with Gasteiger partial charge in [-0.05, 0) is 23.8 Å². The molecule has 2 N–H and O–H groups in total. The van der Waals surface area contributed by atoms with E-state index in [0.717, 1.165) is 16.9 Å². The van der Waals surface area contributed by atoms with Gasteiger partial charge >= 0.3 is 0 Å². The third-order valence-corrected chi connectivity index (χ3v) is 6.54. The summed E-state index contributed by atoms with van der Waals surface area (Å²) in [6.07, 6.45) is 0. The second-order valence-corrected chi connectivity index (χ2v) is 8.41. The fraction of sp³-hybridized carbons (Fsp3) is 0.235. The van der Waals surface area contributed by atoms with Gasteiger partial charge in [0.05, 0.1) is 15.7 Å². The summed E-state index contributed by atoms with van der Waals surface area (Å²) in [7, 11) is -3.57. The lowest BCUT2D eigenvalue weighted by molar-refractivity contribution is -0.194. The number of nitrogens with one attached hydrogen (secondary N) is 2. The Bertz CT molecular complexity index is 1040. The molecule has 0 spiro atoms. The van der Waals surface area contributed by atoms with Crippen LogP contribution in [0.2, 0.25) is 0 Å². The molecule has 0 saturated heterocycles. The normalized spacial score (nSPS) is 13.2. The fourth-order valence-corrected chi connectivity index (χ4v) is 5.02. The fourth-order valence-electron chi connectivity index (χ4n) is 2.72. The van der Waals surface area contributed by atoms with E-state index in [4.69, 9.17) is 9.78 Å². The highest BCUT2D eigenvalue weighted by atomic mass is 35.5. The van der Waals surface area contributed by atoms with Crippen molar-refractivity contribution in [3.8, 4) is 5.75 Å². The third kappa shape index (κ3) is 4.40. The maximum absolute atomic E-state index is 12.5. The van der Waals surface area contributed by atoms with Crippen LogP contribution in [0.4, 0.5) is 0 Å². The van der Waals surface area contributed by atoms with Crippen LogP contribution in [0, 0.1) is 0 Å². The van der Waals surface area contributed by atoms with Gasteiger partial charge in [-0.3, -0.25) is 0 Å². The van der Waals surface area contributed by atoms with E-state index in [2.05, 4.69) is 15.0 Å². The molecule has 7 nitrogen and oxygen atoms in total. The van der Waals surface area contributed by atoms with E-state index in [0.29, 0.717) is 36.5 Å². The van der Waals surface area contributed by atoms with E-state index >= 15 is 0 Å². The number of nitrogens with zero attached hydrogens (tertiary/aromatic N) is 1. The van der Waals surface area contributed by atoms with E-state index in [9.17, 15) is 8.42 Å². The second-order valence-electron chi connectivity index (χ2n) is 5.82. The molecular weight excluding hydrogens is 410 g/mol. The molecule has 3 aromatic rings. The summed E-state index contributed by atoms with van der Waals surface area (Å²) in [5, 5.41) is 3.22. The molecule has 0 saturated carbocycles. The molecule has 1 aliphatic rings. The van der Waals surface area contributed by atoms with E-state index in [1.807, 2.05) is 18.2 Å². The van der Waals surface area contributed by atoms with Gasteiger partial charge < -0.3 is 10.2 Å². The van der Waals surface area contributed by atoms with Crippen LogP contribution in [0.15, 0.2) is 46.8 Å². The van der Waals surface area contributed by atoms with Crippen molar-refractivity contribution in [2.75, 3.05) is 13.1 Å². The molecule has 0 radical (unpaired) electrons. The molecule has 0 unspecified atom stereocenters. The van der Waals surface area contributed by atoms with Gasteiger partial charge in [-0.15, -0.1) is 23.7 Å². The highest BCUT2D eigenvalue weighted by Crippen LogP contribution is 2.27. The monoisotopic (exact) mass is 427 g/mol. The summed E-state index contributed by atoms with van der Waals surface area (Å²) in [6.45, 7) is 1.88. The number of sulfonamides is 1. The summed E-state index contributed by atoms with van der Waals surface area (Å²) in [6, 6.07) is 11.0. The summed E-state index contributed by atoms with van der Waals surface area (Å²) in [4.78, 5) is 14.4. The Labute approximate surface area is 167 Å². The maximum Gasteiger partial charge on any atom is 0.242 e. The largest absolute Gasteiger partial charge is 0.337 e. The highest BCUT2D eigenvalue weighted by Gasteiger charge is 2.18. The Hall–Kier alpha value is -1.75. The standard InChI is InChI=1S/C17H17N3O4S2.ClH/c21-26(22,16-3-1-2-14-17(16)25-11-19-14)20-7-6-18-9-12-4-5-13-10-23-24-15(13)8-12;/h1-5,8,11,18,20H,6-7,9-10H2;1H. The molecule has 0 atom stereocenters. The number of rotatable bonds is 7. The number of hydrogen-bond donors (Lipinski definition) is 2. The number of aromatic nitrogens is 1. The second kappa shape index (κ2) is 8.51. The minimum atomic E-state index is -3.57. The van der Waals surface area contributed by atoms with Gasteiger partial charge in [0.25, 0.3) is 0 Å². The lowest BCUT2D eigenvalue weighted by Crippen LogP contribution is -2.31. The number of hydrogen-bond acceptors (Lipinski definition) is 7. The number of benzene rings is 2. The minimum Gasteiger partial charge on any atom is -0.337 e. The van der Waals surface area contributed by atoms with Gasteiger partial charge in [0, 0.05) is 25.2 Å². The topological polar surface area (TPSA) is 89.6 Å². The lowest BCUT2D eigenvalue weighted by atomic mass is 10.1. The van der Waals surface area contributed by atoms with Crippen LogP contribution >= 0.6 is 23.7 Å². The van der Waals surface area contributed by atoms with Crippen molar-refractivity contribution >= 4 is 44.0 Å². The van der Waals surface area contributed by atoms with E-state index < -0.39 is 10.0 Å². The molecule has 0 amide bonds. The van der Waals surface area contributed by atoms with Crippen molar-refractivity contribution in [3.63, 3.8) is 0 Å². The minimum absolute atomic E-state index is 0. The number of thiazole rings is 1. The highest BCUT2D eigenvalue weighted by molar-refractivity contribution is 7.90. The molecule has 2 aromatic carbocycles. The zero-order chi connectivity index (χ0) is 18.0. The summed E-state index contributed by atoms with van der Waals surface area (Å²) in [5.41, 5.74) is 4.42. The Balaban J connectivity index is 0.00000210. The number of halogens is 1. The molecule has 1 aromatic heterocycles. The molecular formula is C17H18ClN3O4S2. The molecule has 0 bridgehead atoms. The average molecular weight is 428 g/mol. The van der Waals surface area contributed by atoms with Crippen LogP contribution in [0.25, 0.3) is 10.2 Å².